The number of Topliss-reactive ketones (excluding diaryl/α,β-unsaturated/α-hetero) is 1. The number of rotatable bonds is 5. The minimum atomic E-state index is -0.190. The molecule has 1 N–H and O–H groups in total. The topological polar surface area (TPSA) is 64.6 Å². The van der Waals surface area contributed by atoms with Gasteiger partial charge in [0, 0.05) is 31.0 Å². The summed E-state index contributed by atoms with van der Waals surface area (Å²) < 4.78 is 11.1. The lowest BCUT2D eigenvalue weighted by atomic mass is 10.2. The maximum absolute atomic E-state index is 12.0. The minimum Gasteiger partial charge on any atom is -0.490 e. The molecule has 2 aromatic rings. The molecule has 3 rings (SSSR count). The number of nitrogens with one attached hydrogen (secondary N) is 1. The Labute approximate surface area is 138 Å². The van der Waals surface area contributed by atoms with Crippen LogP contribution >= 0.6 is 11.3 Å². The van der Waals surface area contributed by atoms with Crippen LogP contribution in [0.3, 0.4) is 0 Å². The molecule has 0 bridgehead atoms. The minimum absolute atomic E-state index is 0.00573. The normalized spacial score (nSPS) is 13.2. The standard InChI is InChI=1S/C17H17NO4S/c19-13(16-3-1-10-23-16)5-7-17(20)18-12-4-6-14-15(11-12)22-9-2-8-21-14/h1,3-4,6,10-11H,2,5,7-9H2,(H,18,20). The van der Waals surface area contributed by atoms with E-state index in [9.17, 15) is 9.59 Å². The third-order valence-electron chi connectivity index (χ3n) is 3.41. The number of hydrogen-bond acceptors (Lipinski definition) is 5. The zero-order valence-corrected chi connectivity index (χ0v) is 13.4. The van der Waals surface area contributed by atoms with Gasteiger partial charge < -0.3 is 14.8 Å². The van der Waals surface area contributed by atoms with Crippen LogP contribution in [-0.4, -0.2) is 24.9 Å². The molecule has 1 aromatic carbocycles. The lowest BCUT2D eigenvalue weighted by molar-refractivity contribution is -0.116. The molecule has 1 amide bonds. The molecule has 1 aliphatic heterocycles. The number of carbonyl (C=O) groups excluding carboxylic acids is 2. The van der Waals surface area contributed by atoms with E-state index < -0.39 is 0 Å². The number of amides is 1. The molecule has 5 nitrogen and oxygen atoms in total. The predicted octanol–water partition coefficient (Wildman–Crippen LogP) is 3.51. The fraction of sp³-hybridized carbons (Fsp3) is 0.294. The highest BCUT2D eigenvalue weighted by Crippen LogP contribution is 2.32. The van der Waals surface area contributed by atoms with E-state index in [1.165, 1.54) is 11.3 Å². The van der Waals surface area contributed by atoms with Gasteiger partial charge >= 0.3 is 0 Å². The van der Waals surface area contributed by atoms with Crippen LogP contribution in [0.4, 0.5) is 5.69 Å². The van der Waals surface area contributed by atoms with E-state index in [0.717, 1.165) is 6.42 Å². The van der Waals surface area contributed by atoms with Crippen molar-refractivity contribution in [1.82, 2.24) is 0 Å². The molecule has 1 aliphatic rings. The maximum atomic E-state index is 12.0. The summed E-state index contributed by atoms with van der Waals surface area (Å²) in [6.07, 6.45) is 1.20. The fourth-order valence-corrected chi connectivity index (χ4v) is 2.95. The summed E-state index contributed by atoms with van der Waals surface area (Å²) in [5, 5.41) is 4.64. The first-order chi connectivity index (χ1) is 11.2. The van der Waals surface area contributed by atoms with Crippen molar-refractivity contribution in [2.45, 2.75) is 19.3 Å². The number of carbonyl (C=O) groups is 2. The molecular weight excluding hydrogens is 314 g/mol. The van der Waals surface area contributed by atoms with Gasteiger partial charge in [0.15, 0.2) is 17.3 Å². The Balaban J connectivity index is 1.55. The number of ether oxygens (including phenoxy) is 2. The largest absolute Gasteiger partial charge is 0.490 e. The average molecular weight is 331 g/mol. The van der Waals surface area contributed by atoms with Crippen LogP contribution in [0.5, 0.6) is 11.5 Å². The summed E-state index contributed by atoms with van der Waals surface area (Å²) in [4.78, 5) is 24.6. The monoisotopic (exact) mass is 331 g/mol. The van der Waals surface area contributed by atoms with Crippen molar-refractivity contribution in [2.24, 2.45) is 0 Å². The van der Waals surface area contributed by atoms with Gasteiger partial charge in [-0.05, 0) is 23.6 Å². The van der Waals surface area contributed by atoms with Gasteiger partial charge in [-0.15, -0.1) is 11.3 Å². The number of fused-ring (bicyclic) bond motifs is 1. The smallest absolute Gasteiger partial charge is 0.224 e. The highest BCUT2D eigenvalue weighted by Gasteiger charge is 2.13. The van der Waals surface area contributed by atoms with Crippen LogP contribution in [0.15, 0.2) is 35.7 Å². The quantitative estimate of drug-likeness (QED) is 0.852. The maximum Gasteiger partial charge on any atom is 0.224 e. The molecule has 0 spiro atoms. The zero-order valence-electron chi connectivity index (χ0n) is 12.5. The number of anilines is 1. The Kier molecular flexibility index (Phi) is 4.92. The van der Waals surface area contributed by atoms with Crippen LogP contribution in [0.25, 0.3) is 0 Å². The van der Waals surface area contributed by atoms with E-state index in [1.54, 1.807) is 24.3 Å². The lowest BCUT2D eigenvalue weighted by Gasteiger charge is -2.10. The molecule has 23 heavy (non-hydrogen) atoms. The van der Waals surface area contributed by atoms with E-state index in [2.05, 4.69) is 5.32 Å². The molecule has 0 saturated heterocycles. The number of benzene rings is 1. The molecule has 0 fully saturated rings. The van der Waals surface area contributed by atoms with Crippen molar-refractivity contribution in [2.75, 3.05) is 18.5 Å². The van der Waals surface area contributed by atoms with Gasteiger partial charge in [0.2, 0.25) is 5.91 Å². The first-order valence-corrected chi connectivity index (χ1v) is 8.36. The predicted molar refractivity (Wildman–Crippen MR) is 88.6 cm³/mol. The summed E-state index contributed by atoms with van der Waals surface area (Å²) in [6.45, 7) is 1.23. The SMILES string of the molecule is O=C(CCC(=O)c1cccs1)Nc1ccc2c(c1)OCCCO2. The second-order valence-electron chi connectivity index (χ2n) is 5.16. The summed E-state index contributed by atoms with van der Waals surface area (Å²) in [5.41, 5.74) is 0.642. The van der Waals surface area contributed by atoms with Gasteiger partial charge in [0.25, 0.3) is 0 Å². The van der Waals surface area contributed by atoms with Crippen molar-refractivity contribution >= 4 is 28.7 Å². The number of hydrogen-bond donors (Lipinski definition) is 1. The molecule has 120 valence electrons. The van der Waals surface area contributed by atoms with Crippen LogP contribution in [0.2, 0.25) is 0 Å². The Morgan fingerprint density at radius 1 is 1.09 bits per heavy atom. The molecule has 0 atom stereocenters. The molecule has 0 unspecified atom stereocenters. The molecule has 2 heterocycles. The number of ketones is 1. The molecule has 0 saturated carbocycles. The first-order valence-electron chi connectivity index (χ1n) is 7.48. The van der Waals surface area contributed by atoms with Gasteiger partial charge in [-0.2, -0.15) is 0 Å². The summed E-state index contributed by atoms with van der Waals surface area (Å²) in [7, 11) is 0. The Morgan fingerprint density at radius 2 is 1.91 bits per heavy atom. The van der Waals surface area contributed by atoms with E-state index in [0.29, 0.717) is 35.3 Å². The first kappa shape index (κ1) is 15.6. The van der Waals surface area contributed by atoms with Crippen molar-refractivity contribution in [3.63, 3.8) is 0 Å². The van der Waals surface area contributed by atoms with Crippen LogP contribution < -0.4 is 14.8 Å². The van der Waals surface area contributed by atoms with Gasteiger partial charge in [0.1, 0.15) is 0 Å². The highest BCUT2D eigenvalue weighted by atomic mass is 32.1. The summed E-state index contributed by atoms with van der Waals surface area (Å²) in [5.74, 6) is 1.13. The fourth-order valence-electron chi connectivity index (χ4n) is 2.25. The second kappa shape index (κ2) is 7.28. The van der Waals surface area contributed by atoms with Gasteiger partial charge in [-0.1, -0.05) is 6.07 Å². The summed E-state index contributed by atoms with van der Waals surface area (Å²) in [6, 6.07) is 8.91. The van der Waals surface area contributed by atoms with Crippen molar-refractivity contribution in [3.8, 4) is 11.5 Å². The van der Waals surface area contributed by atoms with Crippen LogP contribution in [0, 0.1) is 0 Å². The molecule has 6 heteroatoms. The lowest BCUT2D eigenvalue weighted by Crippen LogP contribution is -2.13. The van der Waals surface area contributed by atoms with Crippen LogP contribution in [0.1, 0.15) is 28.9 Å². The molecule has 1 aromatic heterocycles. The zero-order chi connectivity index (χ0) is 16.1. The number of thiophene rings is 1. The van der Waals surface area contributed by atoms with E-state index >= 15 is 0 Å². The Bertz CT molecular complexity index is 697. The van der Waals surface area contributed by atoms with Crippen molar-refractivity contribution in [1.29, 1.82) is 0 Å². The molecular formula is C17H17NO4S. The third-order valence-corrected chi connectivity index (χ3v) is 4.32. The Hall–Kier alpha value is -2.34. The van der Waals surface area contributed by atoms with E-state index in [-0.39, 0.29) is 24.5 Å². The van der Waals surface area contributed by atoms with Gasteiger partial charge in [-0.3, -0.25) is 9.59 Å². The third kappa shape index (κ3) is 4.10. The van der Waals surface area contributed by atoms with Crippen molar-refractivity contribution < 1.29 is 19.1 Å². The molecule has 0 aliphatic carbocycles. The summed E-state index contributed by atoms with van der Waals surface area (Å²) >= 11 is 1.39. The van der Waals surface area contributed by atoms with E-state index in [1.807, 2.05) is 11.4 Å². The molecule has 0 radical (unpaired) electrons. The van der Waals surface area contributed by atoms with Crippen molar-refractivity contribution in [3.05, 3.63) is 40.6 Å². The van der Waals surface area contributed by atoms with E-state index in [4.69, 9.17) is 9.47 Å². The highest BCUT2D eigenvalue weighted by molar-refractivity contribution is 7.12. The van der Waals surface area contributed by atoms with Gasteiger partial charge in [0.05, 0.1) is 18.1 Å². The van der Waals surface area contributed by atoms with Crippen LogP contribution in [-0.2, 0) is 4.79 Å². The second-order valence-corrected chi connectivity index (χ2v) is 6.11. The Morgan fingerprint density at radius 3 is 2.70 bits per heavy atom. The van der Waals surface area contributed by atoms with Gasteiger partial charge in [-0.25, -0.2) is 0 Å². The average Bonchev–Trinajstić information content (AvgIpc) is 2.99.